The van der Waals surface area contributed by atoms with Gasteiger partial charge in [-0.25, -0.2) is 4.79 Å². The summed E-state index contributed by atoms with van der Waals surface area (Å²) in [6.45, 7) is 14.4. The lowest BCUT2D eigenvalue weighted by atomic mass is 10.0. The van der Waals surface area contributed by atoms with Gasteiger partial charge in [-0.1, -0.05) is 6.58 Å². The van der Waals surface area contributed by atoms with E-state index < -0.39 is 0 Å². The summed E-state index contributed by atoms with van der Waals surface area (Å²) >= 11 is 0. The van der Waals surface area contributed by atoms with Crippen molar-refractivity contribution >= 4 is 5.97 Å². The molecule has 0 aliphatic carbocycles. The maximum Gasteiger partial charge on any atom is 0.330 e. The molecule has 0 unspecified atom stereocenters. The van der Waals surface area contributed by atoms with Gasteiger partial charge in [0.05, 0.1) is 20.1 Å². The molecule has 0 radical (unpaired) electrons. The molecular formula is C12H24NO2+. The Labute approximate surface area is 93.3 Å². The number of esters is 1. The highest BCUT2D eigenvalue weighted by Gasteiger charge is 2.38. The highest BCUT2D eigenvalue weighted by molar-refractivity contribution is 5.81. The Hall–Kier alpha value is -0.830. The van der Waals surface area contributed by atoms with Crippen molar-refractivity contribution in [1.29, 1.82) is 0 Å². The summed E-state index contributed by atoms with van der Waals surface area (Å²) in [4.78, 5) is 11.0. The molecule has 0 bridgehead atoms. The highest BCUT2D eigenvalue weighted by atomic mass is 16.5. The Kier molecular flexibility index (Phi) is 5.01. The van der Waals surface area contributed by atoms with E-state index >= 15 is 0 Å². The topological polar surface area (TPSA) is 26.3 Å². The fraction of sp³-hybridized carbons (Fsp3) is 0.750. The van der Waals surface area contributed by atoms with E-state index in [-0.39, 0.29) is 11.5 Å². The van der Waals surface area contributed by atoms with Crippen LogP contribution in [0.5, 0.6) is 0 Å². The Bertz CT molecular complexity index is 230. The monoisotopic (exact) mass is 214 g/mol. The van der Waals surface area contributed by atoms with E-state index in [0.717, 1.165) is 17.6 Å². The first-order chi connectivity index (χ1) is 6.83. The van der Waals surface area contributed by atoms with Crippen LogP contribution in [0, 0.1) is 0 Å². The van der Waals surface area contributed by atoms with Crippen LogP contribution in [0.15, 0.2) is 12.7 Å². The smallest absolute Gasteiger partial charge is 0.330 e. The maximum absolute atomic E-state index is 11.0. The SMILES string of the molecule is C=CC(=O)OCC(C)(C)[N+](C)(CC)CC. The van der Waals surface area contributed by atoms with Gasteiger partial charge in [0.2, 0.25) is 0 Å². The molecule has 0 aromatic heterocycles. The third kappa shape index (κ3) is 3.34. The third-order valence-corrected chi connectivity index (χ3v) is 3.59. The van der Waals surface area contributed by atoms with Gasteiger partial charge in [-0.3, -0.25) is 0 Å². The van der Waals surface area contributed by atoms with Crippen molar-refractivity contribution in [3.63, 3.8) is 0 Å². The van der Waals surface area contributed by atoms with Crippen LogP contribution in [0.1, 0.15) is 27.7 Å². The van der Waals surface area contributed by atoms with Crippen LogP contribution in [0.4, 0.5) is 0 Å². The molecule has 0 spiro atoms. The molecule has 0 aromatic carbocycles. The van der Waals surface area contributed by atoms with Crippen LogP contribution in [0.3, 0.4) is 0 Å². The van der Waals surface area contributed by atoms with Crippen LogP contribution in [-0.4, -0.2) is 42.7 Å². The van der Waals surface area contributed by atoms with Crippen LogP contribution in [0.25, 0.3) is 0 Å². The van der Waals surface area contributed by atoms with Gasteiger partial charge in [-0.05, 0) is 27.7 Å². The van der Waals surface area contributed by atoms with Gasteiger partial charge in [0.1, 0.15) is 12.1 Å². The number of ether oxygens (including phenoxy) is 1. The minimum atomic E-state index is -0.346. The number of hydrogen-bond donors (Lipinski definition) is 0. The number of carbonyl (C=O) groups is 1. The standard InChI is InChI=1S/C12H24NO2/c1-7-11(14)15-10-12(4,5)13(6,8-2)9-3/h7H,1,8-10H2,2-6H3/q+1. The van der Waals surface area contributed by atoms with Crippen molar-refractivity contribution in [2.45, 2.75) is 33.2 Å². The van der Waals surface area contributed by atoms with Crippen LogP contribution < -0.4 is 0 Å². The second kappa shape index (κ2) is 5.31. The zero-order valence-corrected chi connectivity index (χ0v) is 10.7. The summed E-state index contributed by atoms with van der Waals surface area (Å²) in [7, 11) is 2.18. The molecule has 0 N–H and O–H groups in total. The van der Waals surface area contributed by atoms with Crippen molar-refractivity contribution in [3.05, 3.63) is 12.7 Å². The lowest BCUT2D eigenvalue weighted by molar-refractivity contribution is -0.952. The van der Waals surface area contributed by atoms with E-state index in [9.17, 15) is 4.79 Å². The molecular weight excluding hydrogens is 190 g/mol. The van der Waals surface area contributed by atoms with Crippen LogP contribution in [0.2, 0.25) is 0 Å². The average Bonchev–Trinajstić information content (AvgIpc) is 2.24. The van der Waals surface area contributed by atoms with Gasteiger partial charge in [-0.15, -0.1) is 0 Å². The van der Waals surface area contributed by atoms with Crippen molar-refractivity contribution < 1.29 is 14.0 Å². The van der Waals surface area contributed by atoms with Gasteiger partial charge in [-0.2, -0.15) is 0 Å². The quantitative estimate of drug-likeness (QED) is 0.384. The molecule has 0 aliphatic heterocycles. The Morgan fingerprint density at radius 3 is 2.20 bits per heavy atom. The lowest BCUT2D eigenvalue weighted by Crippen LogP contribution is -2.61. The molecule has 0 fully saturated rings. The molecule has 0 aromatic rings. The largest absolute Gasteiger partial charge is 0.456 e. The average molecular weight is 214 g/mol. The zero-order chi connectivity index (χ0) is 12.1. The first kappa shape index (κ1) is 14.2. The fourth-order valence-electron chi connectivity index (χ4n) is 1.54. The fourth-order valence-corrected chi connectivity index (χ4v) is 1.54. The van der Waals surface area contributed by atoms with Crippen LogP contribution in [-0.2, 0) is 9.53 Å². The van der Waals surface area contributed by atoms with E-state index in [2.05, 4.69) is 41.3 Å². The van der Waals surface area contributed by atoms with Gasteiger partial charge in [0.15, 0.2) is 0 Å². The summed E-state index contributed by atoms with van der Waals surface area (Å²) in [6.07, 6.45) is 1.21. The minimum absolute atomic E-state index is 0.0673. The molecule has 88 valence electrons. The molecule has 3 heteroatoms. The van der Waals surface area contributed by atoms with Crippen molar-refractivity contribution in [2.75, 3.05) is 26.7 Å². The number of quaternary nitrogens is 1. The van der Waals surface area contributed by atoms with Gasteiger partial charge in [0, 0.05) is 6.08 Å². The van der Waals surface area contributed by atoms with Gasteiger partial charge >= 0.3 is 5.97 Å². The number of nitrogens with zero attached hydrogens (tertiary/aromatic N) is 1. The number of hydrogen-bond acceptors (Lipinski definition) is 2. The molecule has 3 nitrogen and oxygen atoms in total. The van der Waals surface area contributed by atoms with E-state index in [1.54, 1.807) is 0 Å². The molecule has 0 rings (SSSR count). The molecule has 0 aliphatic rings. The highest BCUT2D eigenvalue weighted by Crippen LogP contribution is 2.22. The molecule has 15 heavy (non-hydrogen) atoms. The van der Waals surface area contributed by atoms with Crippen molar-refractivity contribution in [2.24, 2.45) is 0 Å². The first-order valence-electron chi connectivity index (χ1n) is 5.46. The first-order valence-corrected chi connectivity index (χ1v) is 5.46. The molecule has 0 saturated heterocycles. The summed E-state index contributed by atoms with van der Waals surface area (Å²) < 4.78 is 6.02. The molecule has 0 heterocycles. The van der Waals surface area contributed by atoms with Crippen molar-refractivity contribution in [1.82, 2.24) is 0 Å². The van der Waals surface area contributed by atoms with E-state index in [1.807, 2.05) is 0 Å². The summed E-state index contributed by atoms with van der Waals surface area (Å²) in [6, 6.07) is 0. The minimum Gasteiger partial charge on any atom is -0.456 e. The normalized spacial score (nSPS) is 12.3. The summed E-state index contributed by atoms with van der Waals surface area (Å²) in [5, 5.41) is 0. The van der Waals surface area contributed by atoms with E-state index in [0.29, 0.717) is 6.61 Å². The van der Waals surface area contributed by atoms with E-state index in [4.69, 9.17) is 4.74 Å². The Balaban J connectivity index is 4.51. The Morgan fingerprint density at radius 1 is 1.40 bits per heavy atom. The van der Waals surface area contributed by atoms with Crippen molar-refractivity contribution in [3.8, 4) is 0 Å². The molecule has 0 saturated carbocycles. The number of carbonyl (C=O) groups excluding carboxylic acids is 1. The van der Waals surface area contributed by atoms with Gasteiger partial charge in [0.25, 0.3) is 0 Å². The molecule has 0 atom stereocenters. The summed E-state index contributed by atoms with van der Waals surface area (Å²) in [5.41, 5.74) is -0.0673. The lowest BCUT2D eigenvalue weighted by Gasteiger charge is -2.45. The predicted octanol–water partition coefficient (Wildman–Crippen LogP) is 1.98. The van der Waals surface area contributed by atoms with E-state index in [1.165, 1.54) is 6.08 Å². The molecule has 0 amide bonds. The maximum atomic E-state index is 11.0. The summed E-state index contributed by atoms with van der Waals surface area (Å²) in [5.74, 6) is -0.346. The Morgan fingerprint density at radius 2 is 1.87 bits per heavy atom. The number of rotatable bonds is 6. The number of likely N-dealkylation sites (N-methyl/N-ethyl adjacent to an activating group) is 1. The van der Waals surface area contributed by atoms with Crippen LogP contribution >= 0.6 is 0 Å². The zero-order valence-electron chi connectivity index (χ0n) is 10.7. The predicted molar refractivity (Wildman–Crippen MR) is 62.5 cm³/mol. The third-order valence-electron chi connectivity index (χ3n) is 3.59. The van der Waals surface area contributed by atoms with Gasteiger partial charge < -0.3 is 9.22 Å². The second-order valence-electron chi connectivity index (χ2n) is 4.65. The second-order valence-corrected chi connectivity index (χ2v) is 4.65.